The summed E-state index contributed by atoms with van der Waals surface area (Å²) in [6, 6.07) is 15.5. The molecule has 0 N–H and O–H groups in total. The molecule has 0 radical (unpaired) electrons. The van der Waals surface area contributed by atoms with E-state index in [2.05, 4.69) is 35.7 Å². The number of piperidine rings is 1. The van der Waals surface area contributed by atoms with E-state index in [1.54, 1.807) is 0 Å². The van der Waals surface area contributed by atoms with Crippen molar-refractivity contribution in [2.75, 3.05) is 13.1 Å². The van der Waals surface area contributed by atoms with E-state index in [4.69, 9.17) is 4.74 Å². The summed E-state index contributed by atoms with van der Waals surface area (Å²) in [6.07, 6.45) is 4.94. The van der Waals surface area contributed by atoms with Crippen LogP contribution in [0.1, 0.15) is 42.1 Å². The Labute approximate surface area is 148 Å². The molecule has 25 heavy (non-hydrogen) atoms. The average molecular weight is 337 g/mol. The Bertz CT molecular complexity index is 747. The molecule has 2 aromatic carbocycles. The molecule has 1 unspecified atom stereocenters. The molecule has 1 saturated heterocycles. The van der Waals surface area contributed by atoms with E-state index in [0.717, 1.165) is 44.5 Å². The standard InChI is InChI=1S/C22H24FNO/c1-2-5-21-19-6-3-4-7-20(19)22(25-21)12-14-24(15-13-22)16-17-8-10-18(23)11-9-17/h2-4,6-11,21H,1,5,12-16H2. The first-order valence-corrected chi connectivity index (χ1v) is 9.05. The van der Waals surface area contributed by atoms with Crippen LogP contribution >= 0.6 is 0 Å². The lowest BCUT2D eigenvalue weighted by Gasteiger charge is -2.40. The first-order chi connectivity index (χ1) is 12.2. The van der Waals surface area contributed by atoms with Crippen LogP contribution in [0.5, 0.6) is 0 Å². The van der Waals surface area contributed by atoms with Crippen LogP contribution in [0.2, 0.25) is 0 Å². The van der Waals surface area contributed by atoms with Crippen molar-refractivity contribution in [1.82, 2.24) is 4.90 Å². The van der Waals surface area contributed by atoms with E-state index in [0.29, 0.717) is 0 Å². The lowest BCUT2D eigenvalue weighted by molar-refractivity contribution is -0.109. The summed E-state index contributed by atoms with van der Waals surface area (Å²) in [5.41, 5.74) is 3.70. The van der Waals surface area contributed by atoms with Crippen LogP contribution in [0, 0.1) is 5.82 Å². The molecular formula is C22H24FNO. The van der Waals surface area contributed by atoms with Gasteiger partial charge < -0.3 is 4.74 Å². The van der Waals surface area contributed by atoms with Crippen molar-refractivity contribution < 1.29 is 9.13 Å². The molecule has 1 fully saturated rings. The number of hydrogen-bond donors (Lipinski definition) is 0. The van der Waals surface area contributed by atoms with Crippen LogP contribution in [-0.4, -0.2) is 18.0 Å². The Hall–Kier alpha value is -1.97. The van der Waals surface area contributed by atoms with Crippen molar-refractivity contribution >= 4 is 0 Å². The zero-order valence-corrected chi connectivity index (χ0v) is 14.5. The highest BCUT2D eigenvalue weighted by atomic mass is 19.1. The second-order valence-corrected chi connectivity index (χ2v) is 7.12. The van der Waals surface area contributed by atoms with E-state index in [1.165, 1.54) is 23.3 Å². The summed E-state index contributed by atoms with van der Waals surface area (Å²) < 4.78 is 19.6. The molecule has 0 amide bonds. The Kier molecular flexibility index (Phi) is 4.45. The third-order valence-electron chi connectivity index (χ3n) is 5.53. The Balaban J connectivity index is 1.47. The van der Waals surface area contributed by atoms with Gasteiger partial charge in [0, 0.05) is 19.6 Å². The van der Waals surface area contributed by atoms with Gasteiger partial charge in [-0.25, -0.2) is 4.39 Å². The molecule has 2 aromatic rings. The molecule has 2 aliphatic rings. The first-order valence-electron chi connectivity index (χ1n) is 9.05. The number of fused-ring (bicyclic) bond motifs is 2. The van der Waals surface area contributed by atoms with E-state index in [1.807, 2.05) is 18.2 Å². The van der Waals surface area contributed by atoms with Crippen LogP contribution in [-0.2, 0) is 16.9 Å². The highest BCUT2D eigenvalue weighted by molar-refractivity contribution is 5.39. The lowest BCUT2D eigenvalue weighted by atomic mass is 9.83. The Morgan fingerprint density at radius 1 is 1.12 bits per heavy atom. The van der Waals surface area contributed by atoms with Gasteiger partial charge in [-0.15, -0.1) is 6.58 Å². The molecule has 2 nitrogen and oxygen atoms in total. The fraction of sp³-hybridized carbons (Fsp3) is 0.364. The second kappa shape index (κ2) is 6.74. The summed E-state index contributed by atoms with van der Waals surface area (Å²) in [7, 11) is 0. The zero-order valence-electron chi connectivity index (χ0n) is 14.5. The smallest absolute Gasteiger partial charge is 0.123 e. The molecule has 0 aliphatic carbocycles. The molecule has 0 saturated carbocycles. The van der Waals surface area contributed by atoms with Crippen LogP contribution in [0.15, 0.2) is 61.2 Å². The highest BCUT2D eigenvalue weighted by Gasteiger charge is 2.45. The van der Waals surface area contributed by atoms with Crippen LogP contribution in [0.3, 0.4) is 0 Å². The van der Waals surface area contributed by atoms with Gasteiger partial charge in [0.25, 0.3) is 0 Å². The molecule has 0 bridgehead atoms. The molecule has 130 valence electrons. The van der Waals surface area contributed by atoms with Gasteiger partial charge in [0.15, 0.2) is 0 Å². The minimum Gasteiger partial charge on any atom is -0.362 e. The summed E-state index contributed by atoms with van der Waals surface area (Å²) in [6.45, 7) is 6.74. The van der Waals surface area contributed by atoms with Crippen LogP contribution < -0.4 is 0 Å². The van der Waals surface area contributed by atoms with Crippen molar-refractivity contribution in [1.29, 1.82) is 0 Å². The van der Waals surface area contributed by atoms with Gasteiger partial charge in [0.1, 0.15) is 5.82 Å². The van der Waals surface area contributed by atoms with Crippen molar-refractivity contribution in [3.63, 3.8) is 0 Å². The Morgan fingerprint density at radius 3 is 2.56 bits per heavy atom. The fourth-order valence-corrected chi connectivity index (χ4v) is 4.23. The number of halogens is 1. The lowest BCUT2D eigenvalue weighted by Crippen LogP contribution is -2.42. The van der Waals surface area contributed by atoms with Gasteiger partial charge in [-0.1, -0.05) is 42.5 Å². The van der Waals surface area contributed by atoms with E-state index in [9.17, 15) is 4.39 Å². The largest absolute Gasteiger partial charge is 0.362 e. The van der Waals surface area contributed by atoms with Gasteiger partial charge in [-0.2, -0.15) is 0 Å². The van der Waals surface area contributed by atoms with E-state index < -0.39 is 0 Å². The maximum atomic E-state index is 13.1. The van der Waals surface area contributed by atoms with Gasteiger partial charge in [-0.3, -0.25) is 4.90 Å². The van der Waals surface area contributed by atoms with Gasteiger partial charge in [-0.05, 0) is 48.1 Å². The monoisotopic (exact) mass is 337 g/mol. The topological polar surface area (TPSA) is 12.5 Å². The predicted molar refractivity (Wildman–Crippen MR) is 97.7 cm³/mol. The highest BCUT2D eigenvalue weighted by Crippen LogP contribution is 2.50. The van der Waals surface area contributed by atoms with E-state index in [-0.39, 0.29) is 17.5 Å². The SMILES string of the molecule is C=CCC1OC2(CCN(Cc3ccc(F)cc3)CC2)c2ccccc21. The predicted octanol–water partition coefficient (Wildman–Crippen LogP) is 4.96. The van der Waals surface area contributed by atoms with Gasteiger partial charge in [0.05, 0.1) is 11.7 Å². The number of hydrogen-bond acceptors (Lipinski definition) is 2. The third-order valence-corrected chi connectivity index (χ3v) is 5.53. The Morgan fingerprint density at radius 2 is 1.84 bits per heavy atom. The molecule has 2 heterocycles. The van der Waals surface area contributed by atoms with E-state index >= 15 is 0 Å². The zero-order chi connectivity index (χ0) is 17.3. The minimum absolute atomic E-state index is 0.136. The fourth-order valence-electron chi connectivity index (χ4n) is 4.23. The number of benzene rings is 2. The summed E-state index contributed by atoms with van der Waals surface area (Å²) >= 11 is 0. The van der Waals surface area contributed by atoms with Gasteiger partial charge in [0.2, 0.25) is 0 Å². The van der Waals surface area contributed by atoms with Crippen molar-refractivity contribution in [2.24, 2.45) is 0 Å². The molecule has 4 rings (SSSR count). The quantitative estimate of drug-likeness (QED) is 0.731. The number of likely N-dealkylation sites (tertiary alicyclic amines) is 1. The molecule has 3 heteroatoms. The number of nitrogens with zero attached hydrogens (tertiary/aromatic N) is 1. The summed E-state index contributed by atoms with van der Waals surface area (Å²) in [5, 5.41) is 0. The van der Waals surface area contributed by atoms with Crippen LogP contribution in [0.4, 0.5) is 4.39 Å². The molecular weight excluding hydrogens is 313 g/mol. The van der Waals surface area contributed by atoms with Crippen molar-refractivity contribution in [2.45, 2.75) is 37.5 Å². The number of ether oxygens (including phenoxy) is 1. The maximum Gasteiger partial charge on any atom is 0.123 e. The summed E-state index contributed by atoms with van der Waals surface area (Å²) in [4.78, 5) is 2.44. The second-order valence-electron chi connectivity index (χ2n) is 7.12. The molecule has 1 spiro atoms. The normalized spacial score (nSPS) is 22.0. The maximum absolute atomic E-state index is 13.1. The average Bonchev–Trinajstić information content (AvgIpc) is 2.94. The summed E-state index contributed by atoms with van der Waals surface area (Å²) in [5.74, 6) is -0.175. The van der Waals surface area contributed by atoms with Gasteiger partial charge >= 0.3 is 0 Å². The minimum atomic E-state index is -0.175. The van der Waals surface area contributed by atoms with Crippen LogP contribution in [0.25, 0.3) is 0 Å². The molecule has 2 aliphatic heterocycles. The third kappa shape index (κ3) is 3.14. The van der Waals surface area contributed by atoms with Crippen molar-refractivity contribution in [3.8, 4) is 0 Å². The number of rotatable bonds is 4. The van der Waals surface area contributed by atoms with Crippen molar-refractivity contribution in [3.05, 3.63) is 83.7 Å². The molecule has 0 aromatic heterocycles. The first kappa shape index (κ1) is 16.5. The molecule has 1 atom stereocenters.